The molecule has 0 saturated carbocycles. The maximum atomic E-state index is 12.9. The fraction of sp³-hybridized carbons (Fsp3) is 0.389. The summed E-state index contributed by atoms with van der Waals surface area (Å²) in [6, 6.07) is 7.44. The van der Waals surface area contributed by atoms with Crippen molar-refractivity contribution in [2.45, 2.75) is 36.5 Å². The van der Waals surface area contributed by atoms with Gasteiger partial charge in [0.15, 0.2) is 5.17 Å². The van der Waals surface area contributed by atoms with Crippen LogP contribution in [0, 0.1) is 0 Å². The molecule has 5 nitrogen and oxygen atoms in total. The Hall–Kier alpha value is -1.73. The Morgan fingerprint density at radius 3 is 2.60 bits per heavy atom. The number of carbonyl (C=O) groups excluding carboxylic acids is 2. The number of hydrogen-bond acceptors (Lipinski definition) is 6. The molecule has 1 aromatic carbocycles. The summed E-state index contributed by atoms with van der Waals surface area (Å²) >= 11 is 3.12. The lowest BCUT2D eigenvalue weighted by Crippen LogP contribution is -2.40. The van der Waals surface area contributed by atoms with Gasteiger partial charge in [-0.2, -0.15) is 0 Å². The van der Waals surface area contributed by atoms with E-state index in [9.17, 15) is 9.59 Å². The predicted molar refractivity (Wildman–Crippen MR) is 102 cm³/mol. The third-order valence-electron chi connectivity index (χ3n) is 4.36. The Bertz CT molecular complexity index is 771. The van der Waals surface area contributed by atoms with Crippen LogP contribution in [0.25, 0.3) is 0 Å². The van der Waals surface area contributed by atoms with E-state index in [1.54, 1.807) is 23.6 Å². The predicted octanol–water partition coefficient (Wildman–Crippen LogP) is 3.62. The van der Waals surface area contributed by atoms with Crippen LogP contribution in [-0.4, -0.2) is 40.6 Å². The van der Waals surface area contributed by atoms with Crippen molar-refractivity contribution in [3.8, 4) is 0 Å². The smallest absolute Gasteiger partial charge is 0.338 e. The zero-order valence-corrected chi connectivity index (χ0v) is 16.2. The number of aliphatic imine (C=N–C) groups is 1. The van der Waals surface area contributed by atoms with Gasteiger partial charge in [-0.05, 0) is 37.3 Å². The number of thioether (sulfide) groups is 2. The Labute approximate surface area is 155 Å². The third kappa shape index (κ3) is 3.11. The third-order valence-corrected chi connectivity index (χ3v) is 6.42. The number of fused-ring (bicyclic) bond motifs is 1. The van der Waals surface area contributed by atoms with Gasteiger partial charge in [-0.15, -0.1) is 11.8 Å². The maximum absolute atomic E-state index is 12.9. The highest BCUT2D eigenvalue weighted by atomic mass is 32.2. The quantitative estimate of drug-likeness (QED) is 0.593. The van der Waals surface area contributed by atoms with Crippen LogP contribution in [0.3, 0.4) is 0 Å². The second-order valence-corrected chi connectivity index (χ2v) is 7.83. The standard InChI is InChI=1S/C18H20N2O3S2/c1-5-13-16(21)20-15(11-6-8-12(24-4)9-7-11)14(17(22)23-3)10(2)19-18(20)25-13/h6-9,13,15H,5H2,1-4H3/t13-,15+/m0/s1. The SMILES string of the molecule is CC[C@@H]1SC2=NC(C)=C(C(=O)OC)[C@@H](c3ccc(SC)cc3)N2C1=O. The van der Waals surface area contributed by atoms with Crippen molar-refractivity contribution in [1.82, 2.24) is 4.90 Å². The lowest BCUT2D eigenvalue weighted by molar-refractivity contribution is -0.137. The molecule has 132 valence electrons. The van der Waals surface area contributed by atoms with Gasteiger partial charge in [0, 0.05) is 4.90 Å². The number of benzene rings is 1. The summed E-state index contributed by atoms with van der Waals surface area (Å²) in [6.07, 6.45) is 2.74. The van der Waals surface area contributed by atoms with E-state index in [0.29, 0.717) is 16.4 Å². The van der Waals surface area contributed by atoms with E-state index in [1.165, 1.54) is 18.9 Å². The van der Waals surface area contributed by atoms with Crippen LogP contribution in [-0.2, 0) is 14.3 Å². The fourth-order valence-corrected chi connectivity index (χ4v) is 4.60. The van der Waals surface area contributed by atoms with Crippen LogP contribution in [0.15, 0.2) is 45.4 Å². The zero-order valence-electron chi connectivity index (χ0n) is 14.6. The minimum Gasteiger partial charge on any atom is -0.466 e. The first kappa shape index (κ1) is 18.1. The number of carbonyl (C=O) groups is 2. The molecule has 0 unspecified atom stereocenters. The number of amides is 1. The first-order valence-corrected chi connectivity index (χ1v) is 10.1. The van der Waals surface area contributed by atoms with Crippen molar-refractivity contribution in [3.63, 3.8) is 0 Å². The molecule has 1 aromatic rings. The van der Waals surface area contributed by atoms with Crippen LogP contribution in [0.4, 0.5) is 0 Å². The summed E-state index contributed by atoms with van der Waals surface area (Å²) in [5, 5.41) is 0.512. The summed E-state index contributed by atoms with van der Waals surface area (Å²) in [5.74, 6) is -0.448. The first-order chi connectivity index (χ1) is 12.0. The second kappa shape index (κ2) is 7.25. The average molecular weight is 377 g/mol. The molecule has 25 heavy (non-hydrogen) atoms. The molecular formula is C18H20N2O3S2. The monoisotopic (exact) mass is 376 g/mol. The molecule has 2 heterocycles. The summed E-state index contributed by atoms with van der Waals surface area (Å²) < 4.78 is 4.98. The van der Waals surface area contributed by atoms with Crippen LogP contribution in [0.2, 0.25) is 0 Å². The van der Waals surface area contributed by atoms with Crippen LogP contribution >= 0.6 is 23.5 Å². The number of allylic oxidation sites excluding steroid dienone is 1. The molecule has 7 heteroatoms. The molecule has 0 N–H and O–H groups in total. The molecule has 0 bridgehead atoms. The Morgan fingerprint density at radius 2 is 2.04 bits per heavy atom. The van der Waals surface area contributed by atoms with E-state index in [4.69, 9.17) is 4.74 Å². The molecule has 2 aliphatic heterocycles. The van der Waals surface area contributed by atoms with Gasteiger partial charge in [-0.1, -0.05) is 30.8 Å². The number of amidine groups is 1. The Morgan fingerprint density at radius 1 is 1.36 bits per heavy atom. The molecule has 0 spiro atoms. The van der Waals surface area contributed by atoms with Gasteiger partial charge in [0.2, 0.25) is 5.91 Å². The molecule has 0 aromatic heterocycles. The summed E-state index contributed by atoms with van der Waals surface area (Å²) in [5.41, 5.74) is 1.92. The van der Waals surface area contributed by atoms with E-state index in [-0.39, 0.29) is 11.2 Å². The van der Waals surface area contributed by atoms with Gasteiger partial charge < -0.3 is 4.74 Å². The van der Waals surface area contributed by atoms with Gasteiger partial charge in [0.25, 0.3) is 0 Å². The van der Waals surface area contributed by atoms with Gasteiger partial charge >= 0.3 is 5.97 Å². The van der Waals surface area contributed by atoms with Crippen LogP contribution in [0.5, 0.6) is 0 Å². The van der Waals surface area contributed by atoms with E-state index < -0.39 is 12.0 Å². The number of hydrogen-bond donors (Lipinski definition) is 0. The highest BCUT2D eigenvalue weighted by Gasteiger charge is 2.47. The highest BCUT2D eigenvalue weighted by molar-refractivity contribution is 8.15. The van der Waals surface area contributed by atoms with Crippen LogP contribution in [0.1, 0.15) is 31.9 Å². The topological polar surface area (TPSA) is 59.0 Å². The summed E-state index contributed by atoms with van der Waals surface area (Å²) in [4.78, 5) is 32.6. The first-order valence-electron chi connectivity index (χ1n) is 8.03. The molecule has 1 saturated heterocycles. The van der Waals surface area contributed by atoms with Crippen molar-refractivity contribution in [2.24, 2.45) is 4.99 Å². The lowest BCUT2D eigenvalue weighted by atomic mass is 9.94. The number of nitrogens with zero attached hydrogens (tertiary/aromatic N) is 2. The average Bonchev–Trinajstić information content (AvgIpc) is 2.95. The number of methoxy groups -OCH3 is 1. The molecule has 3 rings (SSSR count). The number of esters is 1. The van der Waals surface area contributed by atoms with Gasteiger partial charge in [-0.25, -0.2) is 9.79 Å². The van der Waals surface area contributed by atoms with Gasteiger partial charge in [0.1, 0.15) is 0 Å². The van der Waals surface area contributed by atoms with E-state index >= 15 is 0 Å². The van der Waals surface area contributed by atoms with E-state index in [2.05, 4.69) is 4.99 Å². The molecule has 0 radical (unpaired) electrons. The normalized spacial score (nSPS) is 22.8. The highest BCUT2D eigenvalue weighted by Crippen LogP contribution is 2.44. The molecule has 2 atom stereocenters. The van der Waals surface area contributed by atoms with Gasteiger partial charge in [-0.3, -0.25) is 9.69 Å². The summed E-state index contributed by atoms with van der Waals surface area (Å²) in [6.45, 7) is 3.78. The van der Waals surface area contributed by atoms with Gasteiger partial charge in [0.05, 0.1) is 29.7 Å². The molecular weight excluding hydrogens is 356 g/mol. The molecule has 0 aliphatic carbocycles. The van der Waals surface area contributed by atoms with Crippen molar-refractivity contribution < 1.29 is 14.3 Å². The fourth-order valence-electron chi connectivity index (χ4n) is 3.06. The van der Waals surface area contributed by atoms with Crippen molar-refractivity contribution in [2.75, 3.05) is 13.4 Å². The molecule has 1 amide bonds. The van der Waals surface area contributed by atoms with Crippen molar-refractivity contribution in [3.05, 3.63) is 41.1 Å². The number of rotatable bonds is 4. The minimum atomic E-state index is -0.493. The summed E-state index contributed by atoms with van der Waals surface area (Å²) in [7, 11) is 1.35. The second-order valence-electron chi connectivity index (χ2n) is 5.78. The largest absolute Gasteiger partial charge is 0.466 e. The lowest BCUT2D eigenvalue weighted by Gasteiger charge is -2.32. The van der Waals surface area contributed by atoms with Crippen molar-refractivity contribution in [1.29, 1.82) is 0 Å². The Kier molecular flexibility index (Phi) is 5.24. The molecule has 2 aliphatic rings. The van der Waals surface area contributed by atoms with E-state index in [0.717, 1.165) is 16.9 Å². The molecule has 1 fully saturated rings. The maximum Gasteiger partial charge on any atom is 0.338 e. The number of ether oxygens (including phenoxy) is 1. The Balaban J connectivity index is 2.12. The minimum absolute atomic E-state index is 0.000837. The zero-order chi connectivity index (χ0) is 18.1. The van der Waals surface area contributed by atoms with Crippen molar-refractivity contribution >= 4 is 40.6 Å². The van der Waals surface area contributed by atoms with E-state index in [1.807, 2.05) is 37.4 Å². The van der Waals surface area contributed by atoms with Crippen LogP contribution < -0.4 is 0 Å².